The van der Waals surface area contributed by atoms with Gasteiger partial charge in [-0.25, -0.2) is 4.39 Å². The number of nitrogens with one attached hydrogen (secondary N) is 3. The van der Waals surface area contributed by atoms with E-state index in [0.29, 0.717) is 28.3 Å². The molecule has 200 valence electrons. The fourth-order valence-electron chi connectivity index (χ4n) is 4.53. The van der Waals surface area contributed by atoms with Crippen molar-refractivity contribution < 1.29 is 19.1 Å². The highest BCUT2D eigenvalue weighted by Crippen LogP contribution is 2.25. The predicted molar refractivity (Wildman–Crippen MR) is 151 cm³/mol. The molecule has 0 spiro atoms. The summed E-state index contributed by atoms with van der Waals surface area (Å²) < 4.78 is 16.4. The number of nitrogens with zero attached hydrogens (tertiary/aromatic N) is 2. The summed E-state index contributed by atoms with van der Waals surface area (Å²) in [7, 11) is 1.76. The fraction of sp³-hybridized carbons (Fsp3) is 0.200. The van der Waals surface area contributed by atoms with E-state index in [-0.39, 0.29) is 23.6 Å². The lowest BCUT2D eigenvalue weighted by Gasteiger charge is -2.31. The summed E-state index contributed by atoms with van der Waals surface area (Å²) in [6.07, 6.45) is 3.03. The first-order valence-corrected chi connectivity index (χ1v) is 12.8. The van der Waals surface area contributed by atoms with Crippen molar-refractivity contribution in [2.45, 2.75) is 18.9 Å². The van der Waals surface area contributed by atoms with E-state index in [1.807, 2.05) is 12.1 Å². The Morgan fingerprint density at radius 2 is 1.49 bits per heavy atom. The van der Waals surface area contributed by atoms with Crippen molar-refractivity contribution in [2.24, 2.45) is 7.05 Å². The lowest BCUT2D eigenvalue weighted by Crippen LogP contribution is -2.35. The van der Waals surface area contributed by atoms with E-state index in [9.17, 15) is 19.1 Å². The summed E-state index contributed by atoms with van der Waals surface area (Å²) in [5.41, 5.74) is 3.91. The van der Waals surface area contributed by atoms with Gasteiger partial charge < -0.3 is 30.5 Å². The van der Waals surface area contributed by atoms with Gasteiger partial charge in [-0.1, -0.05) is 0 Å². The van der Waals surface area contributed by atoms with Crippen LogP contribution in [0.5, 0.6) is 0 Å². The maximum Gasteiger partial charge on any atom is 0.272 e. The number of halogens is 1. The maximum atomic E-state index is 14.7. The monoisotopic (exact) mass is 527 g/mol. The van der Waals surface area contributed by atoms with Crippen molar-refractivity contribution in [1.29, 1.82) is 0 Å². The Hall–Kier alpha value is -4.63. The Morgan fingerprint density at radius 1 is 0.846 bits per heavy atom. The van der Waals surface area contributed by atoms with Crippen LogP contribution in [-0.4, -0.2) is 40.7 Å². The number of hydrogen-bond acceptors (Lipinski definition) is 5. The van der Waals surface area contributed by atoms with Gasteiger partial charge in [-0.3, -0.25) is 9.59 Å². The topological polar surface area (TPSA) is 98.6 Å². The van der Waals surface area contributed by atoms with Gasteiger partial charge in [0.2, 0.25) is 0 Å². The molecule has 1 aliphatic heterocycles. The third-order valence-electron chi connectivity index (χ3n) is 6.78. The molecule has 0 atom stereocenters. The minimum atomic E-state index is -0.513. The molecule has 1 aromatic heterocycles. The molecule has 0 aliphatic carbocycles. The first kappa shape index (κ1) is 26.0. The summed E-state index contributed by atoms with van der Waals surface area (Å²) in [6.45, 7) is 1.59. The normalized spacial score (nSPS) is 13.7. The van der Waals surface area contributed by atoms with Gasteiger partial charge in [0.05, 0.1) is 11.8 Å². The molecular weight excluding hydrogens is 497 g/mol. The number of aliphatic hydroxyl groups excluding tert-OH is 1. The van der Waals surface area contributed by atoms with Gasteiger partial charge in [-0.05, 0) is 91.7 Å². The predicted octanol–water partition coefficient (Wildman–Crippen LogP) is 5.37. The second-order valence-electron chi connectivity index (χ2n) is 9.57. The van der Waals surface area contributed by atoms with Gasteiger partial charge >= 0.3 is 0 Å². The largest absolute Gasteiger partial charge is 0.393 e. The van der Waals surface area contributed by atoms with Gasteiger partial charge in [-0.15, -0.1) is 0 Å². The quantitative estimate of drug-likeness (QED) is 0.259. The number of piperidine rings is 1. The average molecular weight is 528 g/mol. The van der Waals surface area contributed by atoms with E-state index in [1.165, 1.54) is 6.07 Å². The summed E-state index contributed by atoms with van der Waals surface area (Å²) in [5, 5.41) is 18.3. The highest BCUT2D eigenvalue weighted by atomic mass is 19.1. The van der Waals surface area contributed by atoms with E-state index < -0.39 is 5.82 Å². The SMILES string of the molecule is Cn1cccc1C(=O)Nc1ccc(Nc2ccc(NC(=O)c3ccc(N4CCC(O)CC4)cc3)cc2)c(F)c1. The second kappa shape index (κ2) is 11.4. The number of hydrogen-bond donors (Lipinski definition) is 4. The zero-order valence-electron chi connectivity index (χ0n) is 21.5. The van der Waals surface area contributed by atoms with Crippen LogP contribution >= 0.6 is 0 Å². The molecule has 5 rings (SSSR count). The lowest BCUT2D eigenvalue weighted by atomic mass is 10.1. The molecule has 1 fully saturated rings. The highest BCUT2D eigenvalue weighted by Gasteiger charge is 2.17. The van der Waals surface area contributed by atoms with Crippen LogP contribution in [0.15, 0.2) is 85.1 Å². The Morgan fingerprint density at radius 3 is 2.13 bits per heavy atom. The fourth-order valence-corrected chi connectivity index (χ4v) is 4.53. The molecule has 0 saturated carbocycles. The number of carbonyl (C=O) groups is 2. The van der Waals surface area contributed by atoms with Gasteiger partial charge in [0.15, 0.2) is 0 Å². The van der Waals surface area contributed by atoms with Crippen molar-refractivity contribution in [2.75, 3.05) is 33.9 Å². The molecular formula is C30H30FN5O3. The number of aromatic nitrogens is 1. The molecule has 1 aliphatic rings. The summed E-state index contributed by atoms with van der Waals surface area (Å²) in [5.74, 6) is -1.06. The van der Waals surface area contributed by atoms with Crippen LogP contribution in [0.2, 0.25) is 0 Å². The van der Waals surface area contributed by atoms with Crippen LogP contribution in [0, 0.1) is 5.82 Å². The number of carbonyl (C=O) groups excluding carboxylic acids is 2. The Balaban J connectivity index is 1.16. The van der Waals surface area contributed by atoms with Crippen LogP contribution in [-0.2, 0) is 7.05 Å². The molecule has 4 N–H and O–H groups in total. The van der Waals surface area contributed by atoms with Crippen LogP contribution in [0.3, 0.4) is 0 Å². The first-order valence-electron chi connectivity index (χ1n) is 12.8. The summed E-state index contributed by atoms with van der Waals surface area (Å²) in [6, 6.07) is 22.3. The van der Waals surface area contributed by atoms with Gasteiger partial charge in [-0.2, -0.15) is 0 Å². The van der Waals surface area contributed by atoms with Crippen LogP contribution in [0.1, 0.15) is 33.7 Å². The number of anilines is 5. The Kier molecular flexibility index (Phi) is 7.60. The molecule has 2 heterocycles. The summed E-state index contributed by atoms with van der Waals surface area (Å²) >= 11 is 0. The Labute approximate surface area is 226 Å². The Bertz CT molecular complexity index is 1460. The third kappa shape index (κ3) is 6.27. The van der Waals surface area contributed by atoms with Gasteiger partial charge in [0.25, 0.3) is 11.8 Å². The molecule has 1 saturated heterocycles. The smallest absolute Gasteiger partial charge is 0.272 e. The minimum Gasteiger partial charge on any atom is -0.393 e. The highest BCUT2D eigenvalue weighted by molar-refractivity contribution is 6.04. The van der Waals surface area contributed by atoms with E-state index >= 15 is 0 Å². The maximum absolute atomic E-state index is 14.7. The summed E-state index contributed by atoms with van der Waals surface area (Å²) in [4.78, 5) is 27.3. The van der Waals surface area contributed by atoms with Crippen LogP contribution in [0.25, 0.3) is 0 Å². The van der Waals surface area contributed by atoms with Crippen molar-refractivity contribution in [1.82, 2.24) is 4.57 Å². The lowest BCUT2D eigenvalue weighted by molar-refractivity contribution is 0.101. The first-order chi connectivity index (χ1) is 18.9. The second-order valence-corrected chi connectivity index (χ2v) is 9.57. The van der Waals surface area contributed by atoms with Crippen molar-refractivity contribution in [3.63, 3.8) is 0 Å². The molecule has 39 heavy (non-hydrogen) atoms. The molecule has 2 amide bonds. The van der Waals surface area contributed by atoms with Crippen LogP contribution < -0.4 is 20.9 Å². The van der Waals surface area contributed by atoms with Crippen molar-refractivity contribution in [3.8, 4) is 0 Å². The standard InChI is InChI=1S/C30H30FN5O3/c1-35-16-2-3-28(35)30(39)34-23-10-13-27(26(31)19-23)32-21-6-8-22(9-7-21)33-29(38)20-4-11-24(12-5-20)36-17-14-25(37)15-18-36/h2-13,16,19,25,32,37H,14-15,17-18H2,1H3,(H,33,38)(H,34,39). The number of benzene rings is 3. The molecule has 8 nitrogen and oxygen atoms in total. The van der Waals surface area contributed by atoms with E-state index in [4.69, 9.17) is 0 Å². The molecule has 3 aromatic carbocycles. The molecule has 4 aromatic rings. The molecule has 9 heteroatoms. The molecule has 0 unspecified atom stereocenters. The minimum absolute atomic E-state index is 0.227. The molecule has 0 bridgehead atoms. The van der Waals surface area contributed by atoms with E-state index in [0.717, 1.165) is 31.6 Å². The van der Waals surface area contributed by atoms with Gasteiger partial charge in [0, 0.05) is 54.6 Å². The number of rotatable bonds is 7. The van der Waals surface area contributed by atoms with Crippen LogP contribution in [0.4, 0.5) is 32.8 Å². The zero-order valence-corrected chi connectivity index (χ0v) is 21.5. The van der Waals surface area contributed by atoms with E-state index in [2.05, 4.69) is 20.9 Å². The number of aryl methyl sites for hydroxylation is 1. The van der Waals surface area contributed by atoms with Gasteiger partial charge in [0.1, 0.15) is 11.5 Å². The third-order valence-corrected chi connectivity index (χ3v) is 6.78. The number of amides is 2. The van der Waals surface area contributed by atoms with Crippen molar-refractivity contribution in [3.05, 3.63) is 102 Å². The van der Waals surface area contributed by atoms with E-state index in [1.54, 1.807) is 78.5 Å². The number of aliphatic hydroxyl groups is 1. The van der Waals surface area contributed by atoms with Crippen molar-refractivity contribution >= 4 is 40.3 Å². The average Bonchev–Trinajstić information content (AvgIpc) is 3.38. The molecule has 0 radical (unpaired) electrons. The zero-order chi connectivity index (χ0) is 27.4.